The van der Waals surface area contributed by atoms with Crippen molar-refractivity contribution in [2.75, 3.05) is 16.8 Å². The van der Waals surface area contributed by atoms with E-state index in [9.17, 15) is 14.7 Å². The number of aromatic hydroxyl groups is 1. The van der Waals surface area contributed by atoms with Crippen LogP contribution >= 0.6 is 11.8 Å². The maximum atomic E-state index is 11.4. The van der Waals surface area contributed by atoms with E-state index in [1.807, 2.05) is 6.92 Å². The van der Waals surface area contributed by atoms with Crippen LogP contribution in [0.4, 0.5) is 5.69 Å². The van der Waals surface area contributed by atoms with Gasteiger partial charge in [-0.15, -0.1) is 11.8 Å². The standard InChI is InChI=1S/C11H13NO4S/c1-7-2-3-8(9(13)4-7)12-10(14)5-17-6-11(15)16/h2-4,13H,5-6H2,1H3,(H,12,14)(H,15,16). The minimum absolute atomic E-state index is 0.00147. The van der Waals surface area contributed by atoms with Crippen molar-refractivity contribution in [3.05, 3.63) is 23.8 Å². The average molecular weight is 255 g/mol. The molecule has 0 saturated carbocycles. The first kappa shape index (κ1) is 13.4. The lowest BCUT2D eigenvalue weighted by atomic mass is 10.2. The fourth-order valence-corrected chi connectivity index (χ4v) is 1.70. The Balaban J connectivity index is 2.48. The fraction of sp³-hybridized carbons (Fsp3) is 0.273. The highest BCUT2D eigenvalue weighted by molar-refractivity contribution is 8.00. The summed E-state index contributed by atoms with van der Waals surface area (Å²) in [4.78, 5) is 21.6. The van der Waals surface area contributed by atoms with Crippen molar-refractivity contribution in [3.8, 4) is 5.75 Å². The molecule has 0 aliphatic heterocycles. The molecule has 1 amide bonds. The minimum Gasteiger partial charge on any atom is -0.506 e. The molecule has 6 heteroatoms. The van der Waals surface area contributed by atoms with E-state index < -0.39 is 5.97 Å². The van der Waals surface area contributed by atoms with Gasteiger partial charge in [-0.1, -0.05) is 6.07 Å². The van der Waals surface area contributed by atoms with E-state index in [0.29, 0.717) is 5.69 Å². The number of phenols is 1. The summed E-state index contributed by atoms with van der Waals surface area (Å²) in [5, 5.41) is 20.4. The molecule has 0 radical (unpaired) electrons. The fourth-order valence-electron chi connectivity index (χ4n) is 1.16. The van der Waals surface area contributed by atoms with Crippen LogP contribution in [0, 0.1) is 6.92 Å². The van der Waals surface area contributed by atoms with Crippen LogP contribution in [0.3, 0.4) is 0 Å². The third-order valence-corrected chi connectivity index (χ3v) is 2.80. The van der Waals surface area contributed by atoms with Gasteiger partial charge in [0.25, 0.3) is 0 Å². The highest BCUT2D eigenvalue weighted by Gasteiger charge is 2.07. The van der Waals surface area contributed by atoms with Crippen LogP contribution in [0.15, 0.2) is 18.2 Å². The van der Waals surface area contributed by atoms with Gasteiger partial charge in [-0.25, -0.2) is 0 Å². The minimum atomic E-state index is -0.957. The number of amides is 1. The molecule has 0 unspecified atom stereocenters. The number of aliphatic carboxylic acids is 1. The normalized spacial score (nSPS) is 9.94. The zero-order chi connectivity index (χ0) is 12.8. The largest absolute Gasteiger partial charge is 0.506 e. The summed E-state index contributed by atoms with van der Waals surface area (Å²) in [6.45, 7) is 1.83. The molecular weight excluding hydrogens is 242 g/mol. The molecule has 0 aliphatic rings. The summed E-state index contributed by atoms with van der Waals surface area (Å²) in [5.41, 5.74) is 1.22. The van der Waals surface area contributed by atoms with Gasteiger partial charge < -0.3 is 15.5 Å². The average Bonchev–Trinajstić information content (AvgIpc) is 2.21. The predicted molar refractivity (Wildman–Crippen MR) is 66.4 cm³/mol. The number of carboxylic acids is 1. The van der Waals surface area contributed by atoms with E-state index in [0.717, 1.165) is 17.3 Å². The monoisotopic (exact) mass is 255 g/mol. The van der Waals surface area contributed by atoms with Gasteiger partial charge in [0.05, 0.1) is 17.2 Å². The Morgan fingerprint density at radius 1 is 1.35 bits per heavy atom. The predicted octanol–water partition coefficient (Wildman–Crippen LogP) is 1.46. The molecule has 0 spiro atoms. The Labute approximate surface area is 103 Å². The number of carboxylic acid groups (broad SMARTS) is 1. The van der Waals surface area contributed by atoms with Gasteiger partial charge in [0.15, 0.2) is 0 Å². The topological polar surface area (TPSA) is 86.6 Å². The van der Waals surface area contributed by atoms with Gasteiger partial charge in [-0.2, -0.15) is 0 Å². The molecule has 1 rings (SSSR count). The second-order valence-electron chi connectivity index (χ2n) is 3.46. The molecular formula is C11H13NO4S. The van der Waals surface area contributed by atoms with Crippen LogP contribution in [0.5, 0.6) is 5.75 Å². The van der Waals surface area contributed by atoms with Crippen molar-refractivity contribution in [2.24, 2.45) is 0 Å². The highest BCUT2D eigenvalue weighted by Crippen LogP contribution is 2.23. The van der Waals surface area contributed by atoms with Crippen LogP contribution in [0.2, 0.25) is 0 Å². The van der Waals surface area contributed by atoms with Crippen molar-refractivity contribution in [1.82, 2.24) is 0 Å². The summed E-state index contributed by atoms with van der Waals surface area (Å²) in [5.74, 6) is -1.37. The number of nitrogens with one attached hydrogen (secondary N) is 1. The molecule has 3 N–H and O–H groups in total. The van der Waals surface area contributed by atoms with E-state index in [1.54, 1.807) is 18.2 Å². The van der Waals surface area contributed by atoms with Gasteiger partial charge in [-0.3, -0.25) is 9.59 Å². The molecule has 0 atom stereocenters. The number of aryl methyl sites for hydroxylation is 1. The Morgan fingerprint density at radius 2 is 2.06 bits per heavy atom. The SMILES string of the molecule is Cc1ccc(NC(=O)CSCC(=O)O)c(O)c1. The number of anilines is 1. The molecule has 1 aromatic carbocycles. The van der Waals surface area contributed by atoms with Crippen LogP contribution in [-0.2, 0) is 9.59 Å². The number of carbonyl (C=O) groups excluding carboxylic acids is 1. The maximum absolute atomic E-state index is 11.4. The second kappa shape index (κ2) is 6.15. The van der Waals surface area contributed by atoms with Gasteiger partial charge in [0, 0.05) is 0 Å². The summed E-state index contributed by atoms with van der Waals surface area (Å²) < 4.78 is 0. The first-order valence-corrected chi connectivity index (χ1v) is 6.03. The van der Waals surface area contributed by atoms with E-state index in [1.165, 1.54) is 0 Å². The van der Waals surface area contributed by atoms with Crippen molar-refractivity contribution in [3.63, 3.8) is 0 Å². The Hall–Kier alpha value is -1.69. The Kier molecular flexibility index (Phi) is 4.84. The Bertz CT molecular complexity index is 433. The molecule has 0 bridgehead atoms. The van der Waals surface area contributed by atoms with Gasteiger partial charge in [-0.05, 0) is 24.6 Å². The number of hydrogen-bond acceptors (Lipinski definition) is 4. The van der Waals surface area contributed by atoms with Crippen LogP contribution < -0.4 is 5.32 Å². The van der Waals surface area contributed by atoms with Gasteiger partial charge >= 0.3 is 5.97 Å². The molecule has 0 saturated heterocycles. The zero-order valence-corrected chi connectivity index (χ0v) is 10.1. The smallest absolute Gasteiger partial charge is 0.313 e. The number of thioether (sulfide) groups is 1. The van der Waals surface area contributed by atoms with E-state index in [-0.39, 0.29) is 23.2 Å². The van der Waals surface area contributed by atoms with E-state index >= 15 is 0 Å². The number of carbonyl (C=O) groups is 2. The van der Waals surface area contributed by atoms with Crippen LogP contribution in [0.1, 0.15) is 5.56 Å². The molecule has 92 valence electrons. The zero-order valence-electron chi connectivity index (χ0n) is 9.27. The van der Waals surface area contributed by atoms with Gasteiger partial charge in [0.2, 0.25) is 5.91 Å². The molecule has 0 aliphatic carbocycles. The lowest BCUT2D eigenvalue weighted by Gasteiger charge is -2.07. The molecule has 1 aromatic rings. The molecule has 0 fully saturated rings. The van der Waals surface area contributed by atoms with E-state index in [2.05, 4.69) is 5.32 Å². The quantitative estimate of drug-likeness (QED) is 0.693. The number of phenolic OH excluding ortho intramolecular Hbond substituents is 1. The third-order valence-electron chi connectivity index (χ3n) is 1.89. The van der Waals surface area contributed by atoms with Crippen LogP contribution in [-0.4, -0.2) is 33.6 Å². The molecule has 5 nitrogen and oxygen atoms in total. The van der Waals surface area contributed by atoms with Crippen molar-refractivity contribution >= 4 is 29.3 Å². The lowest BCUT2D eigenvalue weighted by Crippen LogP contribution is -2.15. The summed E-state index contributed by atoms with van der Waals surface area (Å²) >= 11 is 1.00. The maximum Gasteiger partial charge on any atom is 0.313 e. The highest BCUT2D eigenvalue weighted by atomic mass is 32.2. The summed E-state index contributed by atoms with van der Waals surface area (Å²) in [7, 11) is 0. The molecule has 0 aromatic heterocycles. The first-order chi connectivity index (χ1) is 7.99. The number of rotatable bonds is 5. The molecule has 17 heavy (non-hydrogen) atoms. The second-order valence-corrected chi connectivity index (χ2v) is 4.44. The summed E-state index contributed by atoms with van der Waals surface area (Å²) in [6.07, 6.45) is 0. The first-order valence-electron chi connectivity index (χ1n) is 4.88. The van der Waals surface area contributed by atoms with Crippen molar-refractivity contribution < 1.29 is 19.8 Å². The Morgan fingerprint density at radius 3 is 2.65 bits per heavy atom. The molecule has 0 heterocycles. The van der Waals surface area contributed by atoms with E-state index in [4.69, 9.17) is 5.11 Å². The van der Waals surface area contributed by atoms with Crippen molar-refractivity contribution in [1.29, 1.82) is 0 Å². The van der Waals surface area contributed by atoms with Crippen LogP contribution in [0.25, 0.3) is 0 Å². The third kappa shape index (κ3) is 4.78. The number of benzene rings is 1. The summed E-state index contributed by atoms with van der Waals surface area (Å²) in [6, 6.07) is 4.91. The van der Waals surface area contributed by atoms with Crippen molar-refractivity contribution in [2.45, 2.75) is 6.92 Å². The number of hydrogen-bond donors (Lipinski definition) is 3. The lowest BCUT2D eigenvalue weighted by molar-refractivity contribution is -0.133. The van der Waals surface area contributed by atoms with Gasteiger partial charge in [0.1, 0.15) is 5.75 Å².